The number of thiophene rings is 1. The van der Waals surface area contributed by atoms with Gasteiger partial charge in [0.05, 0.1) is 10.4 Å². The van der Waals surface area contributed by atoms with Crippen LogP contribution in [0.2, 0.25) is 5.02 Å². The minimum atomic E-state index is -0.782. The Balaban J connectivity index is 2.48. The molecule has 0 aliphatic carbocycles. The van der Waals surface area contributed by atoms with E-state index >= 15 is 0 Å². The topological polar surface area (TPSA) is 78.0 Å². The number of benzene rings is 1. The lowest BCUT2D eigenvalue weighted by molar-refractivity contribution is -0.121. The van der Waals surface area contributed by atoms with Crippen molar-refractivity contribution in [1.29, 1.82) is 0 Å². The minimum absolute atomic E-state index is 0.257. The zero-order valence-electron chi connectivity index (χ0n) is 14.2. The average Bonchev–Trinajstić information content (AvgIpc) is 2.85. The van der Waals surface area contributed by atoms with Gasteiger partial charge in [-0.05, 0) is 38.0 Å². The van der Waals surface area contributed by atoms with E-state index in [1.165, 1.54) is 15.9 Å². The van der Waals surface area contributed by atoms with Gasteiger partial charge in [-0.1, -0.05) is 30.7 Å². The van der Waals surface area contributed by atoms with Crippen LogP contribution in [0.1, 0.15) is 29.8 Å². The molecule has 3 rings (SSSR count). The van der Waals surface area contributed by atoms with Crippen molar-refractivity contribution in [1.82, 2.24) is 9.55 Å². The molecule has 2 N–H and O–H groups in total. The van der Waals surface area contributed by atoms with E-state index in [4.69, 9.17) is 17.3 Å². The number of aryl methyl sites for hydroxylation is 2. The summed E-state index contributed by atoms with van der Waals surface area (Å²) in [7, 11) is 0. The molecule has 130 valence electrons. The highest BCUT2D eigenvalue weighted by atomic mass is 35.5. The number of amides is 1. The van der Waals surface area contributed by atoms with Crippen molar-refractivity contribution in [3.8, 4) is 11.4 Å². The van der Waals surface area contributed by atoms with Gasteiger partial charge in [0.2, 0.25) is 5.91 Å². The molecular weight excluding hydrogens is 358 g/mol. The Bertz CT molecular complexity index is 1040. The highest BCUT2D eigenvalue weighted by molar-refractivity contribution is 7.18. The molecule has 0 saturated heterocycles. The Hall–Kier alpha value is -2.18. The summed E-state index contributed by atoms with van der Waals surface area (Å²) < 4.78 is 1.39. The van der Waals surface area contributed by atoms with Gasteiger partial charge in [-0.3, -0.25) is 14.2 Å². The Morgan fingerprint density at radius 1 is 1.36 bits per heavy atom. The lowest BCUT2D eigenvalue weighted by Crippen LogP contribution is -2.35. The molecule has 7 heteroatoms. The fourth-order valence-corrected chi connectivity index (χ4v) is 4.18. The molecule has 0 spiro atoms. The number of aromatic nitrogens is 2. The van der Waals surface area contributed by atoms with E-state index in [2.05, 4.69) is 4.98 Å². The second-order valence-corrected chi connectivity index (χ2v) is 7.49. The Kier molecular flexibility index (Phi) is 4.67. The highest BCUT2D eigenvalue weighted by Gasteiger charge is 2.25. The van der Waals surface area contributed by atoms with Crippen LogP contribution in [0.5, 0.6) is 0 Å². The molecule has 25 heavy (non-hydrogen) atoms. The number of rotatable bonds is 4. The van der Waals surface area contributed by atoms with Gasteiger partial charge < -0.3 is 5.73 Å². The third-order valence-electron chi connectivity index (χ3n) is 4.38. The Labute approximate surface area is 154 Å². The summed E-state index contributed by atoms with van der Waals surface area (Å²) in [6.07, 6.45) is 0.391. The Morgan fingerprint density at radius 2 is 2.04 bits per heavy atom. The number of hydrogen-bond acceptors (Lipinski definition) is 4. The molecule has 0 bridgehead atoms. The molecule has 0 aliphatic heterocycles. The lowest BCUT2D eigenvalue weighted by atomic mass is 10.1. The molecule has 0 fully saturated rings. The van der Waals surface area contributed by atoms with E-state index in [9.17, 15) is 9.59 Å². The third-order valence-corrected chi connectivity index (χ3v) is 5.81. The van der Waals surface area contributed by atoms with Crippen LogP contribution in [0.4, 0.5) is 0 Å². The predicted octanol–water partition coefficient (Wildman–Crippen LogP) is 3.83. The average molecular weight is 376 g/mol. The largest absolute Gasteiger partial charge is 0.368 e. The maximum absolute atomic E-state index is 13.3. The summed E-state index contributed by atoms with van der Waals surface area (Å²) in [5.41, 5.74) is 6.80. The molecule has 0 saturated carbocycles. The lowest BCUT2D eigenvalue weighted by Gasteiger charge is -2.19. The van der Waals surface area contributed by atoms with Crippen LogP contribution in [0, 0.1) is 13.8 Å². The summed E-state index contributed by atoms with van der Waals surface area (Å²) >= 11 is 7.79. The number of nitrogens with two attached hydrogens (primary N) is 1. The zero-order valence-corrected chi connectivity index (χ0v) is 15.7. The van der Waals surface area contributed by atoms with Crippen LogP contribution in [0.3, 0.4) is 0 Å². The summed E-state index contributed by atoms with van der Waals surface area (Å²) in [6.45, 7) is 5.65. The van der Waals surface area contributed by atoms with Crippen molar-refractivity contribution < 1.29 is 4.79 Å². The number of fused-ring (bicyclic) bond motifs is 1. The maximum atomic E-state index is 13.3. The van der Waals surface area contributed by atoms with E-state index in [0.29, 0.717) is 33.0 Å². The monoisotopic (exact) mass is 375 g/mol. The molecule has 2 heterocycles. The summed E-state index contributed by atoms with van der Waals surface area (Å²) in [5.74, 6) is -0.196. The molecule has 0 aliphatic rings. The SMILES string of the molecule is CCC(C(N)=O)n1c(-c2ccccc2Cl)nc2sc(C)c(C)c2c1=O. The third kappa shape index (κ3) is 2.85. The fraction of sp³-hybridized carbons (Fsp3) is 0.278. The van der Waals surface area contributed by atoms with E-state index in [0.717, 1.165) is 10.4 Å². The normalized spacial score (nSPS) is 12.5. The van der Waals surface area contributed by atoms with Crippen molar-refractivity contribution in [2.24, 2.45) is 5.73 Å². The van der Waals surface area contributed by atoms with Crippen LogP contribution < -0.4 is 11.3 Å². The minimum Gasteiger partial charge on any atom is -0.368 e. The number of carbonyl (C=O) groups is 1. The van der Waals surface area contributed by atoms with Crippen molar-refractivity contribution in [3.05, 3.63) is 50.1 Å². The van der Waals surface area contributed by atoms with Gasteiger partial charge in [-0.25, -0.2) is 4.98 Å². The first-order valence-corrected chi connectivity index (χ1v) is 9.12. The Morgan fingerprint density at radius 3 is 2.64 bits per heavy atom. The molecule has 2 aromatic heterocycles. The number of nitrogens with zero attached hydrogens (tertiary/aromatic N) is 2. The smallest absolute Gasteiger partial charge is 0.263 e. The second kappa shape index (κ2) is 6.61. The quantitative estimate of drug-likeness (QED) is 0.752. The second-order valence-electron chi connectivity index (χ2n) is 5.88. The molecule has 5 nitrogen and oxygen atoms in total. The summed E-state index contributed by atoms with van der Waals surface area (Å²) in [5, 5.41) is 1.00. The molecule has 0 radical (unpaired) electrons. The number of primary amides is 1. The van der Waals surface area contributed by atoms with Gasteiger partial charge in [0.1, 0.15) is 16.7 Å². The number of carbonyl (C=O) groups excluding carboxylic acids is 1. The number of hydrogen-bond donors (Lipinski definition) is 1. The fourth-order valence-electron chi connectivity index (χ4n) is 2.94. The van der Waals surface area contributed by atoms with E-state index < -0.39 is 11.9 Å². The van der Waals surface area contributed by atoms with E-state index in [-0.39, 0.29) is 5.56 Å². The molecule has 1 atom stereocenters. The van der Waals surface area contributed by atoms with Crippen LogP contribution in [-0.4, -0.2) is 15.5 Å². The van der Waals surface area contributed by atoms with Gasteiger partial charge in [0, 0.05) is 10.4 Å². The van der Waals surface area contributed by atoms with Crippen molar-refractivity contribution in [3.63, 3.8) is 0 Å². The van der Waals surface area contributed by atoms with Gasteiger partial charge >= 0.3 is 0 Å². The molecule has 3 aromatic rings. The van der Waals surface area contributed by atoms with Gasteiger partial charge in [0.15, 0.2) is 0 Å². The van der Waals surface area contributed by atoms with Crippen LogP contribution in [0.15, 0.2) is 29.1 Å². The zero-order chi connectivity index (χ0) is 18.3. The molecule has 1 unspecified atom stereocenters. The summed E-state index contributed by atoms with van der Waals surface area (Å²) in [6, 6.07) is 6.35. The maximum Gasteiger partial charge on any atom is 0.263 e. The van der Waals surface area contributed by atoms with Crippen LogP contribution >= 0.6 is 22.9 Å². The first-order valence-electron chi connectivity index (χ1n) is 7.93. The standard InChI is InChI=1S/C18H18ClN3O2S/c1-4-13(15(20)23)22-16(11-7-5-6-8-12(11)19)21-17-14(18(22)24)9(2)10(3)25-17/h5-8,13H,4H2,1-3H3,(H2,20,23). The van der Waals surface area contributed by atoms with E-state index in [1.807, 2.05) is 26.8 Å². The first kappa shape index (κ1) is 17.6. The van der Waals surface area contributed by atoms with Crippen LogP contribution in [-0.2, 0) is 4.79 Å². The van der Waals surface area contributed by atoms with E-state index in [1.54, 1.807) is 18.2 Å². The van der Waals surface area contributed by atoms with Crippen molar-refractivity contribution in [2.45, 2.75) is 33.2 Å². The number of halogens is 1. The molecule has 1 amide bonds. The van der Waals surface area contributed by atoms with Gasteiger partial charge in [-0.15, -0.1) is 11.3 Å². The summed E-state index contributed by atoms with van der Waals surface area (Å²) in [4.78, 5) is 31.6. The molecular formula is C18H18ClN3O2S. The first-order chi connectivity index (χ1) is 11.9. The van der Waals surface area contributed by atoms with Gasteiger partial charge in [0.25, 0.3) is 5.56 Å². The molecule has 1 aromatic carbocycles. The highest BCUT2D eigenvalue weighted by Crippen LogP contribution is 2.32. The van der Waals surface area contributed by atoms with Crippen LogP contribution in [0.25, 0.3) is 21.6 Å². The van der Waals surface area contributed by atoms with Crippen molar-refractivity contribution in [2.75, 3.05) is 0 Å². The predicted molar refractivity (Wildman–Crippen MR) is 102 cm³/mol. The van der Waals surface area contributed by atoms with Gasteiger partial charge in [-0.2, -0.15) is 0 Å². The van der Waals surface area contributed by atoms with Crippen molar-refractivity contribution >= 4 is 39.1 Å².